The number of nitrogens with one attached hydrogen (secondary N) is 1. The Labute approximate surface area is 244 Å². The molecular formula is C32H41N3O5S. The van der Waals surface area contributed by atoms with Crippen LogP contribution in [0.5, 0.6) is 5.75 Å². The third kappa shape index (κ3) is 8.10. The molecule has 0 saturated heterocycles. The van der Waals surface area contributed by atoms with Gasteiger partial charge >= 0.3 is 0 Å². The molecule has 0 aliphatic heterocycles. The summed E-state index contributed by atoms with van der Waals surface area (Å²) in [5.74, 6) is -0.0802. The van der Waals surface area contributed by atoms with E-state index in [1.807, 2.05) is 52.0 Å². The number of hydrogen-bond donors (Lipinski definition) is 1. The SMILES string of the molecule is CCc1ccc(N(CC(=O)N(Cc2ccc(OC)cc2)[C@@H](CC)C(=O)N[C@H](C)CC)S(=O)(=O)c2ccccc2)cc1. The number of carbonyl (C=O) groups is 2. The molecule has 1 N–H and O–H groups in total. The topological polar surface area (TPSA) is 96.0 Å². The highest BCUT2D eigenvalue weighted by Crippen LogP contribution is 2.25. The van der Waals surface area contributed by atoms with E-state index in [0.717, 1.165) is 28.3 Å². The van der Waals surface area contributed by atoms with E-state index >= 15 is 0 Å². The van der Waals surface area contributed by atoms with Crippen LogP contribution >= 0.6 is 0 Å². The molecule has 0 aliphatic rings. The lowest BCUT2D eigenvalue weighted by molar-refractivity contribution is -0.140. The first-order chi connectivity index (χ1) is 19.6. The van der Waals surface area contributed by atoms with Gasteiger partial charge in [0.05, 0.1) is 17.7 Å². The van der Waals surface area contributed by atoms with Gasteiger partial charge in [0.1, 0.15) is 18.3 Å². The number of hydrogen-bond acceptors (Lipinski definition) is 5. The lowest BCUT2D eigenvalue weighted by Crippen LogP contribution is -2.53. The zero-order chi connectivity index (χ0) is 30.0. The van der Waals surface area contributed by atoms with Gasteiger partial charge in [-0.2, -0.15) is 0 Å². The number of amides is 2. The number of methoxy groups -OCH3 is 1. The number of nitrogens with zero attached hydrogens (tertiary/aromatic N) is 2. The number of benzene rings is 3. The average Bonchev–Trinajstić information content (AvgIpc) is 3.00. The van der Waals surface area contributed by atoms with E-state index in [0.29, 0.717) is 17.9 Å². The van der Waals surface area contributed by atoms with E-state index in [4.69, 9.17) is 4.74 Å². The third-order valence-electron chi connectivity index (χ3n) is 7.14. The van der Waals surface area contributed by atoms with E-state index in [1.165, 1.54) is 17.0 Å². The first-order valence-corrected chi connectivity index (χ1v) is 15.5. The van der Waals surface area contributed by atoms with Gasteiger partial charge in [-0.25, -0.2) is 8.42 Å². The summed E-state index contributed by atoms with van der Waals surface area (Å²) in [4.78, 5) is 29.1. The molecule has 0 heterocycles. The number of aryl methyl sites for hydroxylation is 1. The van der Waals surface area contributed by atoms with Crippen LogP contribution in [0.1, 0.15) is 51.7 Å². The van der Waals surface area contributed by atoms with Crippen LogP contribution in [0.25, 0.3) is 0 Å². The molecule has 8 nitrogen and oxygen atoms in total. The molecule has 0 aliphatic carbocycles. The van der Waals surface area contributed by atoms with Crippen molar-refractivity contribution in [3.63, 3.8) is 0 Å². The molecule has 41 heavy (non-hydrogen) atoms. The Balaban J connectivity index is 2.04. The minimum atomic E-state index is -4.09. The molecular weight excluding hydrogens is 538 g/mol. The Morgan fingerprint density at radius 3 is 2.00 bits per heavy atom. The van der Waals surface area contributed by atoms with E-state index in [9.17, 15) is 18.0 Å². The molecule has 0 bridgehead atoms. The molecule has 3 rings (SSSR count). The fourth-order valence-electron chi connectivity index (χ4n) is 4.43. The standard InChI is InChI=1S/C32H41N3O5S/c1-6-24(4)33-32(37)30(8-3)34(22-26-16-20-28(40-5)21-17-26)31(36)23-35(27-18-14-25(7-2)15-19-27)41(38,39)29-12-10-9-11-13-29/h9-21,24,30H,6-8,22-23H2,1-5H3,(H,33,37)/t24-,30+/m1/s1. The predicted molar refractivity (Wildman–Crippen MR) is 162 cm³/mol. The molecule has 0 aromatic heterocycles. The van der Waals surface area contributed by atoms with Crippen molar-refractivity contribution in [3.8, 4) is 5.75 Å². The summed E-state index contributed by atoms with van der Waals surface area (Å²) in [5, 5.41) is 2.99. The van der Waals surface area contributed by atoms with Crippen LogP contribution in [-0.2, 0) is 32.6 Å². The Hall–Kier alpha value is -3.85. The Morgan fingerprint density at radius 1 is 0.854 bits per heavy atom. The van der Waals surface area contributed by atoms with Crippen LogP contribution in [0.4, 0.5) is 5.69 Å². The monoisotopic (exact) mass is 579 g/mol. The van der Waals surface area contributed by atoms with E-state index in [2.05, 4.69) is 5.32 Å². The Morgan fingerprint density at radius 2 is 1.46 bits per heavy atom. The van der Waals surface area contributed by atoms with Crippen LogP contribution in [-0.4, -0.2) is 50.9 Å². The predicted octanol–water partition coefficient (Wildman–Crippen LogP) is 5.18. The van der Waals surface area contributed by atoms with Gasteiger partial charge in [0.2, 0.25) is 11.8 Å². The van der Waals surface area contributed by atoms with Crippen molar-refractivity contribution >= 4 is 27.5 Å². The molecule has 0 spiro atoms. The smallest absolute Gasteiger partial charge is 0.264 e. The van der Waals surface area contributed by atoms with Gasteiger partial charge in [0.25, 0.3) is 10.0 Å². The van der Waals surface area contributed by atoms with Crippen LogP contribution in [0.3, 0.4) is 0 Å². The normalized spacial score (nSPS) is 12.7. The van der Waals surface area contributed by atoms with Gasteiger partial charge in [-0.1, -0.05) is 63.2 Å². The zero-order valence-electron chi connectivity index (χ0n) is 24.5. The molecule has 3 aromatic carbocycles. The largest absolute Gasteiger partial charge is 0.497 e. The van der Waals surface area contributed by atoms with Crippen LogP contribution in [0.15, 0.2) is 83.8 Å². The quantitative estimate of drug-likeness (QED) is 0.284. The highest BCUT2D eigenvalue weighted by Gasteiger charge is 2.34. The van der Waals surface area contributed by atoms with Crippen LogP contribution in [0.2, 0.25) is 0 Å². The number of carbonyl (C=O) groups excluding carboxylic acids is 2. The van der Waals surface area contributed by atoms with Gasteiger partial charge in [0, 0.05) is 12.6 Å². The van der Waals surface area contributed by atoms with E-state index in [-0.39, 0.29) is 23.4 Å². The summed E-state index contributed by atoms with van der Waals surface area (Å²) >= 11 is 0. The molecule has 2 atom stereocenters. The van der Waals surface area contributed by atoms with Gasteiger partial charge in [-0.05, 0) is 73.7 Å². The van der Waals surface area contributed by atoms with Crippen molar-refractivity contribution in [2.45, 2.75) is 70.5 Å². The van der Waals surface area contributed by atoms with E-state index < -0.39 is 28.5 Å². The molecule has 3 aromatic rings. The zero-order valence-corrected chi connectivity index (χ0v) is 25.4. The highest BCUT2D eigenvalue weighted by atomic mass is 32.2. The summed E-state index contributed by atoms with van der Waals surface area (Å²) in [6, 6.07) is 21.6. The minimum Gasteiger partial charge on any atom is -0.497 e. The van der Waals surface area contributed by atoms with Crippen LogP contribution in [0, 0.1) is 0 Å². The number of sulfonamides is 1. The third-order valence-corrected chi connectivity index (χ3v) is 8.93. The van der Waals surface area contributed by atoms with Crippen molar-refractivity contribution < 1.29 is 22.7 Å². The van der Waals surface area contributed by atoms with E-state index in [1.54, 1.807) is 49.6 Å². The average molecular weight is 580 g/mol. The number of ether oxygens (including phenoxy) is 1. The molecule has 0 saturated carbocycles. The molecule has 0 unspecified atom stereocenters. The van der Waals surface area contributed by atoms with Gasteiger partial charge in [-0.15, -0.1) is 0 Å². The number of rotatable bonds is 14. The fourth-order valence-corrected chi connectivity index (χ4v) is 5.87. The van der Waals surface area contributed by atoms with Crippen LogP contribution < -0.4 is 14.4 Å². The molecule has 220 valence electrons. The second-order valence-corrected chi connectivity index (χ2v) is 11.8. The first kappa shape index (κ1) is 31.7. The summed E-state index contributed by atoms with van der Waals surface area (Å²) in [7, 11) is -2.52. The first-order valence-electron chi connectivity index (χ1n) is 14.0. The van der Waals surface area contributed by atoms with Crippen molar-refractivity contribution in [1.29, 1.82) is 0 Å². The second kappa shape index (κ2) is 14.7. The summed E-state index contributed by atoms with van der Waals surface area (Å²) in [6.45, 7) is 7.41. The fraction of sp³-hybridized carbons (Fsp3) is 0.375. The maximum Gasteiger partial charge on any atom is 0.264 e. The van der Waals surface area contributed by atoms with Gasteiger partial charge in [0.15, 0.2) is 0 Å². The lowest BCUT2D eigenvalue weighted by Gasteiger charge is -2.33. The molecule has 2 amide bonds. The Bertz CT molecular complexity index is 1380. The molecule has 0 fully saturated rings. The summed E-state index contributed by atoms with van der Waals surface area (Å²) in [6.07, 6.45) is 1.90. The lowest BCUT2D eigenvalue weighted by atomic mass is 10.1. The summed E-state index contributed by atoms with van der Waals surface area (Å²) in [5.41, 5.74) is 2.21. The van der Waals surface area contributed by atoms with Crippen molar-refractivity contribution in [2.75, 3.05) is 18.0 Å². The maximum absolute atomic E-state index is 14.1. The Kier molecular flexibility index (Phi) is 11.3. The van der Waals surface area contributed by atoms with Gasteiger partial charge in [-0.3, -0.25) is 13.9 Å². The summed E-state index contributed by atoms with van der Waals surface area (Å²) < 4.78 is 34.2. The minimum absolute atomic E-state index is 0.0680. The van der Waals surface area contributed by atoms with Crippen molar-refractivity contribution in [3.05, 3.63) is 90.0 Å². The second-order valence-electron chi connectivity index (χ2n) is 9.96. The molecule has 9 heteroatoms. The number of anilines is 1. The highest BCUT2D eigenvalue weighted by molar-refractivity contribution is 7.92. The maximum atomic E-state index is 14.1. The van der Waals surface area contributed by atoms with Gasteiger partial charge < -0.3 is 15.0 Å². The molecule has 0 radical (unpaired) electrons. The van der Waals surface area contributed by atoms with Crippen molar-refractivity contribution in [1.82, 2.24) is 10.2 Å². The van der Waals surface area contributed by atoms with Crippen molar-refractivity contribution in [2.24, 2.45) is 0 Å².